The molecule has 1 aliphatic carbocycles. The fourth-order valence-electron chi connectivity index (χ4n) is 1.86. The lowest BCUT2D eigenvalue weighted by molar-refractivity contribution is -0.115. The van der Waals surface area contributed by atoms with Crippen LogP contribution in [0.3, 0.4) is 0 Å². The number of rotatable bonds is 1. The van der Waals surface area contributed by atoms with Crippen molar-refractivity contribution in [1.82, 2.24) is 4.72 Å². The Morgan fingerprint density at radius 3 is 2.86 bits per heavy atom. The number of allylic oxidation sites excluding steroid dienone is 1. The Morgan fingerprint density at radius 2 is 2.21 bits per heavy atom. The highest BCUT2D eigenvalue weighted by molar-refractivity contribution is 7.94. The van der Waals surface area contributed by atoms with Crippen molar-refractivity contribution in [1.29, 1.82) is 0 Å². The molecule has 0 saturated carbocycles. The average molecular weight is 236 g/mol. The molecular weight excluding hydrogens is 226 g/mol. The van der Waals surface area contributed by atoms with Gasteiger partial charge in [0.15, 0.2) is 0 Å². The number of hydrogen-bond donors (Lipinski definition) is 1. The van der Waals surface area contributed by atoms with Gasteiger partial charge in [-0.1, -0.05) is 0 Å². The smallest absolute Gasteiger partial charge is 0.261 e. The van der Waals surface area contributed by atoms with Gasteiger partial charge in [-0.3, -0.25) is 4.79 Å². The molecule has 4 nitrogen and oxygen atoms in total. The molecular formula is C8H10ClNO3S. The van der Waals surface area contributed by atoms with Crippen LogP contribution >= 0.6 is 11.6 Å². The average Bonchev–Trinajstić information content (AvgIpc) is 2.37. The van der Waals surface area contributed by atoms with Gasteiger partial charge in [-0.2, -0.15) is 0 Å². The Hall–Kier alpha value is -0.550. The predicted octanol–water partition coefficient (Wildman–Crippen LogP) is 0.739. The summed E-state index contributed by atoms with van der Waals surface area (Å²) in [6, 6.07) is 0. The van der Waals surface area contributed by atoms with Crippen LogP contribution in [0.1, 0.15) is 19.3 Å². The van der Waals surface area contributed by atoms with Crippen LogP contribution < -0.4 is 4.72 Å². The zero-order valence-corrected chi connectivity index (χ0v) is 8.99. The Kier molecular flexibility index (Phi) is 2.31. The summed E-state index contributed by atoms with van der Waals surface area (Å²) in [6.45, 7) is 0. The van der Waals surface area contributed by atoms with Gasteiger partial charge in [-0.25, -0.2) is 13.1 Å². The molecule has 1 aliphatic heterocycles. The molecule has 1 amide bonds. The van der Waals surface area contributed by atoms with Crippen LogP contribution in [0.25, 0.3) is 0 Å². The van der Waals surface area contributed by atoms with Crippen molar-refractivity contribution in [2.75, 3.05) is 5.88 Å². The molecule has 0 saturated heterocycles. The van der Waals surface area contributed by atoms with Gasteiger partial charge in [0, 0.05) is 11.5 Å². The maximum absolute atomic E-state index is 11.4. The minimum Gasteiger partial charge on any atom is -0.269 e. The molecule has 0 aromatic heterocycles. The predicted molar refractivity (Wildman–Crippen MR) is 52.1 cm³/mol. The van der Waals surface area contributed by atoms with E-state index in [4.69, 9.17) is 11.6 Å². The summed E-state index contributed by atoms with van der Waals surface area (Å²) in [5.74, 6) is 0.173. The van der Waals surface area contributed by atoms with Crippen molar-refractivity contribution in [2.45, 2.75) is 19.3 Å². The number of sulfonamides is 1. The third-order valence-electron chi connectivity index (χ3n) is 2.66. The van der Waals surface area contributed by atoms with Crippen LogP contribution in [0.2, 0.25) is 0 Å². The molecule has 0 radical (unpaired) electrons. The topological polar surface area (TPSA) is 63.2 Å². The molecule has 1 heterocycles. The highest BCUT2D eigenvalue weighted by atomic mass is 35.5. The van der Waals surface area contributed by atoms with E-state index in [1.165, 1.54) is 0 Å². The summed E-state index contributed by atoms with van der Waals surface area (Å²) < 4.78 is 24.9. The first-order chi connectivity index (χ1) is 6.54. The first-order valence-electron chi connectivity index (χ1n) is 4.39. The summed E-state index contributed by atoms with van der Waals surface area (Å²) in [5, 5.41) is 0. The second kappa shape index (κ2) is 3.24. The fraction of sp³-hybridized carbons (Fsp3) is 0.625. The standard InChI is InChI=1S/C8H10ClNO3S/c9-4-5-1-2-6-7(3-5)14(12,13)10-8(6)11/h5H,1-4H2,(H,10,11). The van der Waals surface area contributed by atoms with Crippen molar-refractivity contribution in [3.63, 3.8) is 0 Å². The summed E-state index contributed by atoms with van der Waals surface area (Å²) >= 11 is 5.68. The van der Waals surface area contributed by atoms with E-state index < -0.39 is 15.9 Å². The normalized spacial score (nSPS) is 30.1. The van der Waals surface area contributed by atoms with E-state index in [-0.39, 0.29) is 10.8 Å². The maximum Gasteiger partial charge on any atom is 0.261 e. The largest absolute Gasteiger partial charge is 0.269 e. The third-order valence-corrected chi connectivity index (χ3v) is 4.61. The molecule has 1 atom stereocenters. The van der Waals surface area contributed by atoms with E-state index in [1.807, 2.05) is 4.72 Å². The maximum atomic E-state index is 11.4. The Balaban J connectivity index is 2.39. The number of halogens is 1. The monoisotopic (exact) mass is 235 g/mol. The molecule has 2 rings (SSSR count). The highest BCUT2D eigenvalue weighted by Gasteiger charge is 2.38. The van der Waals surface area contributed by atoms with Gasteiger partial charge in [0.05, 0.1) is 4.91 Å². The summed E-state index contributed by atoms with van der Waals surface area (Å²) in [7, 11) is -3.52. The van der Waals surface area contributed by atoms with Gasteiger partial charge in [-0.05, 0) is 25.2 Å². The van der Waals surface area contributed by atoms with Crippen molar-refractivity contribution >= 4 is 27.5 Å². The quantitative estimate of drug-likeness (QED) is 0.682. The molecule has 2 aliphatic rings. The van der Waals surface area contributed by atoms with Gasteiger partial charge >= 0.3 is 0 Å². The molecule has 0 bridgehead atoms. The summed E-state index contributed by atoms with van der Waals surface area (Å²) in [5.41, 5.74) is 0.436. The van der Waals surface area contributed by atoms with Gasteiger partial charge in [0.1, 0.15) is 0 Å². The van der Waals surface area contributed by atoms with Crippen molar-refractivity contribution < 1.29 is 13.2 Å². The second-order valence-electron chi connectivity index (χ2n) is 3.60. The van der Waals surface area contributed by atoms with Gasteiger partial charge in [0.2, 0.25) is 0 Å². The summed E-state index contributed by atoms with van der Waals surface area (Å²) in [6.07, 6.45) is 1.73. The highest BCUT2D eigenvalue weighted by Crippen LogP contribution is 2.36. The lowest BCUT2D eigenvalue weighted by atomic mass is 9.90. The van der Waals surface area contributed by atoms with Crippen LogP contribution in [0, 0.1) is 5.92 Å². The second-order valence-corrected chi connectivity index (χ2v) is 5.61. The lowest BCUT2D eigenvalue weighted by Crippen LogP contribution is -2.23. The van der Waals surface area contributed by atoms with Gasteiger partial charge in [-0.15, -0.1) is 11.6 Å². The first kappa shape index (κ1) is 9.98. The van der Waals surface area contributed by atoms with Crippen molar-refractivity contribution in [2.24, 2.45) is 5.92 Å². The SMILES string of the molecule is O=C1NS(=O)(=O)C2=C1CCC(CCl)C2. The lowest BCUT2D eigenvalue weighted by Gasteiger charge is -2.18. The van der Waals surface area contributed by atoms with E-state index in [0.717, 1.165) is 6.42 Å². The molecule has 78 valence electrons. The van der Waals surface area contributed by atoms with E-state index in [1.54, 1.807) is 0 Å². The van der Waals surface area contributed by atoms with E-state index in [9.17, 15) is 13.2 Å². The zero-order valence-electron chi connectivity index (χ0n) is 7.42. The molecule has 0 fully saturated rings. The number of amides is 1. The molecule has 14 heavy (non-hydrogen) atoms. The molecule has 0 aromatic carbocycles. The van der Waals surface area contributed by atoms with Crippen molar-refractivity contribution in [3.05, 3.63) is 10.5 Å². The van der Waals surface area contributed by atoms with Gasteiger partial charge < -0.3 is 0 Å². The number of carbonyl (C=O) groups excluding carboxylic acids is 1. The van der Waals surface area contributed by atoms with Crippen LogP contribution in [-0.2, 0) is 14.8 Å². The van der Waals surface area contributed by atoms with Crippen LogP contribution in [0.5, 0.6) is 0 Å². The molecule has 0 aromatic rings. The Morgan fingerprint density at radius 1 is 1.50 bits per heavy atom. The minimum atomic E-state index is -3.52. The zero-order chi connectivity index (χ0) is 10.3. The number of hydrogen-bond acceptors (Lipinski definition) is 3. The van der Waals surface area contributed by atoms with Gasteiger partial charge in [0.25, 0.3) is 15.9 Å². The van der Waals surface area contributed by atoms with Crippen LogP contribution in [0.4, 0.5) is 0 Å². The fourth-order valence-corrected chi connectivity index (χ4v) is 3.59. The van der Waals surface area contributed by atoms with E-state index in [2.05, 4.69) is 0 Å². The Bertz CT molecular complexity index is 412. The molecule has 0 spiro atoms. The molecule has 1 unspecified atom stereocenters. The minimum absolute atomic E-state index is 0.179. The molecule has 1 N–H and O–H groups in total. The Labute approximate surface area is 87.4 Å². The van der Waals surface area contributed by atoms with Crippen LogP contribution in [-0.4, -0.2) is 20.2 Å². The van der Waals surface area contributed by atoms with Crippen LogP contribution in [0.15, 0.2) is 10.5 Å². The third kappa shape index (κ3) is 1.44. The summed E-state index contributed by atoms with van der Waals surface area (Å²) in [4.78, 5) is 11.5. The number of nitrogens with one attached hydrogen (secondary N) is 1. The number of alkyl halides is 1. The van der Waals surface area contributed by atoms with E-state index >= 15 is 0 Å². The first-order valence-corrected chi connectivity index (χ1v) is 6.41. The molecule has 6 heteroatoms. The van der Waals surface area contributed by atoms with Crippen molar-refractivity contribution in [3.8, 4) is 0 Å². The van der Waals surface area contributed by atoms with E-state index in [0.29, 0.717) is 24.3 Å². The number of carbonyl (C=O) groups is 1.